The molecular weight excluding hydrogens is 232 g/mol. The molecule has 0 aliphatic carbocycles. The summed E-state index contributed by atoms with van der Waals surface area (Å²) in [5.41, 5.74) is 1.09. The second kappa shape index (κ2) is 5.98. The summed E-state index contributed by atoms with van der Waals surface area (Å²) in [7, 11) is 0. The van der Waals surface area contributed by atoms with Crippen LogP contribution in [0.1, 0.15) is 18.9 Å². The topological polar surface area (TPSA) is 44.8 Å². The maximum atomic E-state index is 11.6. The highest BCUT2D eigenvalue weighted by Crippen LogP contribution is 2.28. The first-order valence-corrected chi connectivity index (χ1v) is 6.21. The number of rotatable bonds is 5. The summed E-state index contributed by atoms with van der Waals surface area (Å²) < 4.78 is 16.2. The number of esters is 1. The fourth-order valence-electron chi connectivity index (χ4n) is 2.10. The van der Waals surface area contributed by atoms with Crippen LogP contribution in [0.3, 0.4) is 0 Å². The van der Waals surface area contributed by atoms with Crippen molar-refractivity contribution in [2.75, 3.05) is 19.8 Å². The van der Waals surface area contributed by atoms with Gasteiger partial charge in [0.1, 0.15) is 0 Å². The van der Waals surface area contributed by atoms with Crippen molar-refractivity contribution in [1.82, 2.24) is 0 Å². The summed E-state index contributed by atoms with van der Waals surface area (Å²) in [6.45, 7) is 3.21. The molecule has 0 amide bonds. The zero-order chi connectivity index (χ0) is 12.8. The Morgan fingerprint density at radius 2 is 1.94 bits per heavy atom. The number of carbonyl (C=O) groups is 1. The Kier molecular flexibility index (Phi) is 4.33. The average Bonchev–Trinajstić information content (AvgIpc) is 2.79. The Balaban J connectivity index is 2.05. The van der Waals surface area contributed by atoms with Gasteiger partial charge in [0, 0.05) is 6.42 Å². The largest absolute Gasteiger partial charge is 0.466 e. The van der Waals surface area contributed by atoms with E-state index in [-0.39, 0.29) is 12.4 Å². The predicted molar refractivity (Wildman–Crippen MR) is 66.0 cm³/mol. The van der Waals surface area contributed by atoms with Gasteiger partial charge >= 0.3 is 5.97 Å². The lowest BCUT2D eigenvalue weighted by atomic mass is 10.0. The number of ether oxygens (including phenoxy) is 3. The van der Waals surface area contributed by atoms with Crippen molar-refractivity contribution in [3.63, 3.8) is 0 Å². The zero-order valence-corrected chi connectivity index (χ0v) is 10.6. The third kappa shape index (κ3) is 3.31. The molecule has 0 spiro atoms. The van der Waals surface area contributed by atoms with Crippen LogP contribution in [-0.4, -0.2) is 31.6 Å². The van der Waals surface area contributed by atoms with Crippen molar-refractivity contribution < 1.29 is 19.0 Å². The molecule has 98 valence electrons. The highest BCUT2D eigenvalue weighted by atomic mass is 16.7. The van der Waals surface area contributed by atoms with Gasteiger partial charge in [-0.1, -0.05) is 30.3 Å². The number of carbonyl (C=O) groups excluding carboxylic acids is 1. The molecule has 0 bridgehead atoms. The molecule has 1 heterocycles. The van der Waals surface area contributed by atoms with Crippen LogP contribution in [0.5, 0.6) is 0 Å². The van der Waals surface area contributed by atoms with Gasteiger partial charge in [-0.3, -0.25) is 4.79 Å². The predicted octanol–water partition coefficient (Wildman–Crippen LogP) is 1.93. The second-order valence-corrected chi connectivity index (χ2v) is 4.25. The van der Waals surface area contributed by atoms with E-state index >= 15 is 0 Å². The molecule has 0 saturated carbocycles. The fourth-order valence-corrected chi connectivity index (χ4v) is 2.10. The smallest absolute Gasteiger partial charge is 0.311 e. The molecule has 1 fully saturated rings. The van der Waals surface area contributed by atoms with Gasteiger partial charge < -0.3 is 14.2 Å². The normalized spacial score (nSPS) is 17.6. The summed E-state index contributed by atoms with van der Waals surface area (Å²) in [6, 6.07) is 9.87. The van der Waals surface area contributed by atoms with Gasteiger partial charge in [-0.15, -0.1) is 0 Å². The van der Waals surface area contributed by atoms with Gasteiger partial charge in [-0.2, -0.15) is 0 Å². The molecule has 0 N–H and O–H groups in total. The van der Waals surface area contributed by atoms with Crippen LogP contribution >= 0.6 is 0 Å². The first kappa shape index (κ1) is 13.1. The molecule has 1 aromatic rings. The Hall–Kier alpha value is -1.39. The van der Waals surface area contributed by atoms with Crippen LogP contribution in [0.2, 0.25) is 0 Å². The van der Waals surface area contributed by atoms with Crippen LogP contribution in [0.15, 0.2) is 30.3 Å². The van der Waals surface area contributed by atoms with Gasteiger partial charge in [0.15, 0.2) is 5.79 Å². The van der Waals surface area contributed by atoms with Crippen LogP contribution in [0, 0.1) is 0 Å². The molecule has 1 aliphatic rings. The molecule has 2 rings (SSSR count). The van der Waals surface area contributed by atoms with Crippen molar-refractivity contribution in [2.24, 2.45) is 0 Å². The van der Waals surface area contributed by atoms with Crippen molar-refractivity contribution >= 4 is 5.97 Å². The van der Waals surface area contributed by atoms with Gasteiger partial charge in [0.2, 0.25) is 0 Å². The summed E-state index contributed by atoms with van der Waals surface area (Å²) in [4.78, 5) is 11.6. The minimum atomic E-state index is -0.854. The first-order chi connectivity index (χ1) is 8.74. The molecule has 0 atom stereocenters. The standard InChI is InChI=1S/C14H18O4/c1-2-16-13(15)11-14(17-8-9-18-14)10-12-6-4-3-5-7-12/h3-7H,2,8-11H2,1H3. The lowest BCUT2D eigenvalue weighted by Crippen LogP contribution is -2.36. The van der Waals surface area contributed by atoms with E-state index in [9.17, 15) is 4.79 Å². The molecule has 0 radical (unpaired) electrons. The highest BCUT2D eigenvalue weighted by molar-refractivity contribution is 5.70. The third-order valence-corrected chi connectivity index (χ3v) is 2.85. The van der Waals surface area contributed by atoms with E-state index in [1.165, 1.54) is 0 Å². The minimum absolute atomic E-state index is 0.135. The zero-order valence-electron chi connectivity index (χ0n) is 10.6. The maximum absolute atomic E-state index is 11.6. The Labute approximate surface area is 107 Å². The summed E-state index contributed by atoms with van der Waals surface area (Å²) >= 11 is 0. The van der Waals surface area contributed by atoms with Crippen molar-refractivity contribution in [3.05, 3.63) is 35.9 Å². The summed E-state index contributed by atoms with van der Waals surface area (Å²) in [5, 5.41) is 0. The molecule has 18 heavy (non-hydrogen) atoms. The molecule has 4 heteroatoms. The number of hydrogen-bond acceptors (Lipinski definition) is 4. The van der Waals surface area contributed by atoms with Crippen molar-refractivity contribution in [3.8, 4) is 0 Å². The number of benzene rings is 1. The van der Waals surface area contributed by atoms with E-state index in [0.29, 0.717) is 26.2 Å². The van der Waals surface area contributed by atoms with Crippen LogP contribution in [0.25, 0.3) is 0 Å². The van der Waals surface area contributed by atoms with Gasteiger partial charge in [-0.05, 0) is 12.5 Å². The maximum Gasteiger partial charge on any atom is 0.311 e. The first-order valence-electron chi connectivity index (χ1n) is 6.21. The van der Waals surface area contributed by atoms with Crippen molar-refractivity contribution in [2.45, 2.75) is 25.6 Å². The lowest BCUT2D eigenvalue weighted by Gasteiger charge is -2.26. The van der Waals surface area contributed by atoms with Crippen LogP contribution in [-0.2, 0) is 25.4 Å². The van der Waals surface area contributed by atoms with Crippen LogP contribution in [0.4, 0.5) is 0 Å². The Morgan fingerprint density at radius 3 is 2.56 bits per heavy atom. The average molecular weight is 250 g/mol. The SMILES string of the molecule is CCOC(=O)CC1(Cc2ccccc2)OCCO1. The quantitative estimate of drug-likeness (QED) is 0.749. The molecular formula is C14H18O4. The van der Waals surface area contributed by atoms with Crippen LogP contribution < -0.4 is 0 Å². The van der Waals surface area contributed by atoms with Gasteiger partial charge in [-0.25, -0.2) is 0 Å². The molecule has 1 aromatic carbocycles. The van der Waals surface area contributed by atoms with Gasteiger partial charge in [0.25, 0.3) is 0 Å². The summed E-state index contributed by atoms with van der Waals surface area (Å²) in [6.07, 6.45) is 0.697. The molecule has 0 unspecified atom stereocenters. The van der Waals surface area contributed by atoms with E-state index in [4.69, 9.17) is 14.2 Å². The van der Waals surface area contributed by atoms with E-state index in [1.54, 1.807) is 6.92 Å². The fraction of sp³-hybridized carbons (Fsp3) is 0.500. The molecule has 1 aliphatic heterocycles. The Morgan fingerprint density at radius 1 is 1.28 bits per heavy atom. The molecule has 0 aromatic heterocycles. The third-order valence-electron chi connectivity index (χ3n) is 2.85. The second-order valence-electron chi connectivity index (χ2n) is 4.25. The molecule has 4 nitrogen and oxygen atoms in total. The monoisotopic (exact) mass is 250 g/mol. The lowest BCUT2D eigenvalue weighted by molar-refractivity contribution is -0.181. The van der Waals surface area contributed by atoms with E-state index in [2.05, 4.69) is 0 Å². The van der Waals surface area contributed by atoms with E-state index < -0.39 is 5.79 Å². The summed E-state index contributed by atoms with van der Waals surface area (Å²) in [5.74, 6) is -1.14. The molecule has 1 saturated heterocycles. The van der Waals surface area contributed by atoms with Crippen molar-refractivity contribution in [1.29, 1.82) is 0 Å². The van der Waals surface area contributed by atoms with E-state index in [0.717, 1.165) is 5.56 Å². The highest BCUT2D eigenvalue weighted by Gasteiger charge is 2.39. The Bertz CT molecular complexity index is 382. The van der Waals surface area contributed by atoms with Gasteiger partial charge in [0.05, 0.1) is 26.2 Å². The minimum Gasteiger partial charge on any atom is -0.466 e. The van der Waals surface area contributed by atoms with E-state index in [1.807, 2.05) is 30.3 Å². The number of hydrogen-bond donors (Lipinski definition) is 0.